The Bertz CT molecular complexity index is 1140. The Kier molecular flexibility index (Phi) is 9.17. The summed E-state index contributed by atoms with van der Waals surface area (Å²) in [5, 5.41) is 12.3. The maximum Gasteiger partial charge on any atom is 0.295 e. The maximum absolute atomic E-state index is 13.4. The number of fused-ring (bicyclic) bond motifs is 1. The van der Waals surface area contributed by atoms with Crippen LogP contribution in [0.2, 0.25) is 0 Å². The number of ether oxygens (including phenoxy) is 1. The predicted molar refractivity (Wildman–Crippen MR) is 131 cm³/mol. The average Bonchev–Trinajstić information content (AvgIpc) is 3.23. The van der Waals surface area contributed by atoms with E-state index in [9.17, 15) is 14.5 Å². The SMILES string of the molecule is CC(C)(O)C(=O)SCCOP(=O)(COCCn1cnc2c(N)ncnc21)NCc1ccccc1. The van der Waals surface area contributed by atoms with Gasteiger partial charge in [-0.25, -0.2) is 20.0 Å². The highest BCUT2D eigenvalue weighted by Crippen LogP contribution is 2.42. The molecule has 1 aromatic carbocycles. The summed E-state index contributed by atoms with van der Waals surface area (Å²) in [6, 6.07) is 9.51. The quantitative estimate of drug-likeness (QED) is 0.230. The van der Waals surface area contributed by atoms with E-state index in [2.05, 4.69) is 20.0 Å². The molecule has 1 unspecified atom stereocenters. The number of anilines is 1. The van der Waals surface area contributed by atoms with E-state index in [1.807, 2.05) is 30.3 Å². The van der Waals surface area contributed by atoms with Crippen LogP contribution in [0.3, 0.4) is 0 Å². The molecule has 2 aromatic heterocycles. The van der Waals surface area contributed by atoms with Crippen molar-refractivity contribution < 1.29 is 23.7 Å². The standard InChI is InChI=1S/C21H29N6O5PS/c1-21(2,29)20(28)34-11-10-32-33(30,26-12-16-6-4-3-5-7-16)15-31-9-8-27-14-25-17-18(22)23-13-24-19(17)27/h3-7,13-14,29H,8-12,15H2,1-2H3,(H,26,30)(H2,22,23,24). The number of nitrogens with one attached hydrogen (secondary N) is 1. The Labute approximate surface area is 202 Å². The summed E-state index contributed by atoms with van der Waals surface area (Å²) < 4.78 is 26.5. The van der Waals surface area contributed by atoms with Crippen LogP contribution in [0.25, 0.3) is 11.2 Å². The summed E-state index contributed by atoms with van der Waals surface area (Å²) in [7, 11) is -3.38. The van der Waals surface area contributed by atoms with E-state index in [1.54, 1.807) is 10.9 Å². The molecule has 0 bridgehead atoms. The van der Waals surface area contributed by atoms with Crippen LogP contribution < -0.4 is 10.8 Å². The Morgan fingerprint density at radius 1 is 1.24 bits per heavy atom. The maximum atomic E-state index is 13.4. The van der Waals surface area contributed by atoms with E-state index >= 15 is 0 Å². The van der Waals surface area contributed by atoms with Gasteiger partial charge >= 0.3 is 0 Å². The van der Waals surface area contributed by atoms with E-state index in [0.29, 0.717) is 30.1 Å². The van der Waals surface area contributed by atoms with Crippen molar-refractivity contribution in [3.8, 4) is 0 Å². The van der Waals surface area contributed by atoms with Gasteiger partial charge in [0.15, 0.2) is 11.5 Å². The smallest absolute Gasteiger partial charge is 0.295 e. The van der Waals surface area contributed by atoms with Crippen LogP contribution in [0.4, 0.5) is 5.82 Å². The van der Waals surface area contributed by atoms with E-state index in [0.717, 1.165) is 17.3 Å². The highest BCUT2D eigenvalue weighted by molar-refractivity contribution is 8.13. The highest BCUT2D eigenvalue weighted by Gasteiger charge is 2.26. The lowest BCUT2D eigenvalue weighted by molar-refractivity contribution is -0.124. The molecule has 0 radical (unpaired) electrons. The fraction of sp³-hybridized carbons (Fsp3) is 0.429. The van der Waals surface area contributed by atoms with Crippen LogP contribution in [0.1, 0.15) is 19.4 Å². The second-order valence-corrected chi connectivity index (χ2v) is 11.2. The molecule has 0 aliphatic heterocycles. The van der Waals surface area contributed by atoms with E-state index < -0.39 is 13.1 Å². The Hall–Kier alpha value is -2.34. The summed E-state index contributed by atoms with van der Waals surface area (Å²) in [5.41, 5.74) is 6.42. The number of imidazole rings is 1. The van der Waals surface area contributed by atoms with Crippen LogP contribution in [0, 0.1) is 0 Å². The Balaban J connectivity index is 1.54. The molecule has 0 aliphatic carbocycles. The largest absolute Gasteiger partial charge is 0.382 e. The number of carbonyl (C=O) groups is 1. The summed E-state index contributed by atoms with van der Waals surface area (Å²) in [6.45, 7) is 3.89. The number of nitrogens with zero attached hydrogens (tertiary/aromatic N) is 4. The van der Waals surface area contributed by atoms with Crippen molar-refractivity contribution >= 4 is 41.4 Å². The number of thioether (sulfide) groups is 1. The molecule has 3 aromatic rings. The molecule has 34 heavy (non-hydrogen) atoms. The van der Waals surface area contributed by atoms with Gasteiger partial charge in [-0.3, -0.25) is 9.36 Å². The molecule has 4 N–H and O–H groups in total. The minimum absolute atomic E-state index is 0.0528. The minimum atomic E-state index is -3.38. The van der Waals surface area contributed by atoms with Crippen LogP contribution in [0.15, 0.2) is 43.0 Å². The Morgan fingerprint density at radius 3 is 2.74 bits per heavy atom. The summed E-state index contributed by atoms with van der Waals surface area (Å²) in [4.78, 5) is 24.2. The molecular formula is C21H29N6O5PS. The van der Waals surface area contributed by atoms with E-state index in [-0.39, 0.29) is 30.4 Å². The molecule has 0 saturated heterocycles. The van der Waals surface area contributed by atoms with Gasteiger partial charge in [0.1, 0.15) is 23.8 Å². The zero-order valence-corrected chi connectivity index (χ0v) is 20.8. The predicted octanol–water partition coefficient (Wildman–Crippen LogP) is 2.41. The summed E-state index contributed by atoms with van der Waals surface area (Å²) >= 11 is 0.931. The lowest BCUT2D eigenvalue weighted by atomic mass is 10.2. The molecule has 2 heterocycles. The molecule has 11 nitrogen and oxygen atoms in total. The molecule has 0 saturated carbocycles. The van der Waals surface area contributed by atoms with Gasteiger partial charge in [-0.1, -0.05) is 42.1 Å². The topological polar surface area (TPSA) is 154 Å². The van der Waals surface area contributed by atoms with E-state index in [1.165, 1.54) is 20.2 Å². The number of hydrogen-bond donors (Lipinski definition) is 3. The fourth-order valence-electron chi connectivity index (χ4n) is 2.84. The summed E-state index contributed by atoms with van der Waals surface area (Å²) in [5.74, 6) is 0.552. The molecule has 0 fully saturated rings. The average molecular weight is 509 g/mol. The monoisotopic (exact) mass is 508 g/mol. The number of aliphatic hydroxyl groups is 1. The van der Waals surface area contributed by atoms with Crippen molar-refractivity contribution in [1.29, 1.82) is 0 Å². The summed E-state index contributed by atoms with van der Waals surface area (Å²) in [6.07, 6.45) is 2.81. The van der Waals surface area contributed by atoms with Crippen molar-refractivity contribution in [2.24, 2.45) is 0 Å². The van der Waals surface area contributed by atoms with Crippen molar-refractivity contribution in [2.45, 2.75) is 32.5 Å². The zero-order chi connectivity index (χ0) is 24.6. The lowest BCUT2D eigenvalue weighted by Crippen LogP contribution is -2.29. The molecule has 0 spiro atoms. The number of carbonyl (C=O) groups excluding carboxylic acids is 1. The lowest BCUT2D eigenvalue weighted by Gasteiger charge is -2.20. The number of benzene rings is 1. The van der Waals surface area contributed by atoms with Gasteiger partial charge in [-0.15, -0.1) is 0 Å². The number of aromatic nitrogens is 4. The first kappa shape index (κ1) is 26.3. The van der Waals surface area contributed by atoms with Crippen molar-refractivity contribution in [3.63, 3.8) is 0 Å². The number of hydrogen-bond acceptors (Lipinski definition) is 10. The first-order valence-electron chi connectivity index (χ1n) is 10.6. The number of nitrogens with two attached hydrogens (primary N) is 1. The molecule has 184 valence electrons. The second-order valence-electron chi connectivity index (χ2n) is 7.93. The van der Waals surface area contributed by atoms with Crippen LogP contribution in [0.5, 0.6) is 0 Å². The second kappa shape index (κ2) is 11.9. The molecule has 0 aliphatic rings. The highest BCUT2D eigenvalue weighted by atomic mass is 32.2. The van der Waals surface area contributed by atoms with Crippen LogP contribution in [-0.4, -0.2) is 60.7 Å². The number of nitrogen functional groups attached to an aromatic ring is 1. The van der Waals surface area contributed by atoms with E-state index in [4.69, 9.17) is 15.0 Å². The van der Waals surface area contributed by atoms with Gasteiger partial charge in [-0.2, -0.15) is 0 Å². The molecular weight excluding hydrogens is 479 g/mol. The minimum Gasteiger partial charge on any atom is -0.382 e. The van der Waals surface area contributed by atoms with Gasteiger partial charge < -0.3 is 24.7 Å². The third-order valence-corrected chi connectivity index (χ3v) is 7.54. The van der Waals surface area contributed by atoms with Crippen LogP contribution >= 0.6 is 19.3 Å². The fourth-order valence-corrected chi connectivity index (χ4v) is 5.11. The van der Waals surface area contributed by atoms with Gasteiger partial charge in [-0.05, 0) is 19.4 Å². The zero-order valence-electron chi connectivity index (χ0n) is 19.1. The van der Waals surface area contributed by atoms with Crippen molar-refractivity contribution in [1.82, 2.24) is 24.6 Å². The van der Waals surface area contributed by atoms with Crippen molar-refractivity contribution in [2.75, 3.05) is 31.0 Å². The van der Waals surface area contributed by atoms with Gasteiger partial charge in [0.05, 0.1) is 19.5 Å². The third-order valence-electron chi connectivity index (χ3n) is 4.65. The molecule has 13 heteroatoms. The number of rotatable bonds is 13. The molecule has 3 rings (SSSR count). The van der Waals surface area contributed by atoms with Gasteiger partial charge in [0, 0.05) is 18.8 Å². The third kappa shape index (κ3) is 7.59. The van der Waals surface area contributed by atoms with Crippen LogP contribution in [-0.2, 0) is 31.7 Å². The van der Waals surface area contributed by atoms with Gasteiger partial charge in [0.25, 0.3) is 7.52 Å². The Morgan fingerprint density at radius 2 is 2.00 bits per heavy atom. The molecule has 1 atom stereocenters. The first-order valence-corrected chi connectivity index (χ1v) is 13.4. The van der Waals surface area contributed by atoms with Gasteiger partial charge in [0.2, 0.25) is 5.12 Å². The first-order chi connectivity index (χ1) is 16.2. The van der Waals surface area contributed by atoms with Crippen molar-refractivity contribution in [3.05, 3.63) is 48.5 Å². The normalized spacial score (nSPS) is 13.7. The molecule has 0 amide bonds.